The van der Waals surface area contributed by atoms with Crippen LogP contribution in [0.3, 0.4) is 0 Å². The van der Waals surface area contributed by atoms with Gasteiger partial charge in [0.25, 0.3) is 11.8 Å². The van der Waals surface area contributed by atoms with Crippen molar-refractivity contribution in [3.05, 3.63) is 101 Å². The maximum Gasteiger partial charge on any atom is 0.271 e. The van der Waals surface area contributed by atoms with Crippen molar-refractivity contribution in [3.63, 3.8) is 0 Å². The monoisotopic (exact) mass is 553 g/mol. The first kappa shape index (κ1) is 31.2. The Morgan fingerprint density at radius 3 is 2.33 bits per heavy atom. The SMILES string of the molecule is C=C/C(=C\C=C(/C)N/C(=C(/N)C(=O)N1CCCCC1)c1cc(F)c(Cl)cc1N)C(=O)Nc1ccccc1.CC. The summed E-state index contributed by atoms with van der Waals surface area (Å²) < 4.78 is 14.4. The predicted octanol–water partition coefficient (Wildman–Crippen LogP) is 5.97. The van der Waals surface area contributed by atoms with Crippen LogP contribution in [-0.2, 0) is 9.59 Å². The van der Waals surface area contributed by atoms with E-state index in [4.69, 9.17) is 23.1 Å². The van der Waals surface area contributed by atoms with Crippen LogP contribution in [0.2, 0.25) is 5.02 Å². The van der Waals surface area contributed by atoms with Gasteiger partial charge < -0.3 is 27.0 Å². The van der Waals surface area contributed by atoms with Crippen molar-refractivity contribution >= 4 is 40.5 Å². The Kier molecular flexibility index (Phi) is 12.3. The highest BCUT2D eigenvalue weighted by atomic mass is 35.5. The highest BCUT2D eigenvalue weighted by Gasteiger charge is 2.24. The highest BCUT2D eigenvalue weighted by Crippen LogP contribution is 2.29. The molecule has 0 saturated carbocycles. The van der Waals surface area contributed by atoms with Gasteiger partial charge in [-0.25, -0.2) is 4.39 Å². The third-order valence-corrected chi connectivity index (χ3v) is 6.14. The second kappa shape index (κ2) is 15.4. The average Bonchev–Trinajstić information content (AvgIpc) is 2.95. The first-order valence-electron chi connectivity index (χ1n) is 12.9. The van der Waals surface area contributed by atoms with E-state index in [0.29, 0.717) is 30.0 Å². The van der Waals surface area contributed by atoms with Crippen LogP contribution in [0.5, 0.6) is 0 Å². The van der Waals surface area contributed by atoms with Crippen LogP contribution in [0.1, 0.15) is 45.6 Å². The van der Waals surface area contributed by atoms with Gasteiger partial charge in [0.2, 0.25) is 0 Å². The van der Waals surface area contributed by atoms with E-state index in [1.807, 2.05) is 32.0 Å². The third kappa shape index (κ3) is 8.75. The van der Waals surface area contributed by atoms with E-state index in [1.54, 1.807) is 36.1 Å². The average molecular weight is 554 g/mol. The number of hydrogen-bond acceptors (Lipinski definition) is 5. The summed E-state index contributed by atoms with van der Waals surface area (Å²) in [6.07, 6.45) is 7.45. The summed E-state index contributed by atoms with van der Waals surface area (Å²) in [6, 6.07) is 11.4. The normalized spacial score (nSPS) is 14.4. The second-order valence-corrected chi connectivity index (χ2v) is 9.02. The topological polar surface area (TPSA) is 113 Å². The summed E-state index contributed by atoms with van der Waals surface area (Å²) in [4.78, 5) is 27.5. The molecule has 0 radical (unpaired) electrons. The lowest BCUT2D eigenvalue weighted by molar-refractivity contribution is -0.128. The summed E-state index contributed by atoms with van der Waals surface area (Å²) in [6.45, 7) is 10.6. The van der Waals surface area contributed by atoms with Gasteiger partial charge in [0.1, 0.15) is 11.5 Å². The molecule has 2 aromatic rings. The number of amides is 2. The second-order valence-electron chi connectivity index (χ2n) is 8.62. The lowest BCUT2D eigenvalue weighted by atomic mass is 10.1. The Balaban J connectivity index is 0.00000260. The first-order valence-corrected chi connectivity index (χ1v) is 13.3. The number of likely N-dealkylation sites (tertiary alicyclic amines) is 1. The first-order chi connectivity index (χ1) is 18.7. The van der Waals surface area contributed by atoms with Gasteiger partial charge in [-0.1, -0.05) is 56.3 Å². The fourth-order valence-corrected chi connectivity index (χ4v) is 4.02. The lowest BCUT2D eigenvalue weighted by Gasteiger charge is -2.28. The molecule has 7 nitrogen and oxygen atoms in total. The minimum atomic E-state index is -0.698. The molecule has 0 aliphatic carbocycles. The number of nitrogens with two attached hydrogens (primary N) is 2. The largest absolute Gasteiger partial charge is 0.398 e. The molecule has 1 aliphatic heterocycles. The van der Waals surface area contributed by atoms with E-state index >= 15 is 0 Å². The molecule has 0 atom stereocenters. The third-order valence-electron chi connectivity index (χ3n) is 5.85. The van der Waals surface area contributed by atoms with Crippen molar-refractivity contribution in [2.45, 2.75) is 40.0 Å². The number of allylic oxidation sites excluding steroid dienone is 3. The number of hydrogen-bond donors (Lipinski definition) is 4. The van der Waals surface area contributed by atoms with Gasteiger partial charge in [0.05, 0.1) is 10.7 Å². The zero-order chi connectivity index (χ0) is 28.9. The number of benzene rings is 2. The van der Waals surface area contributed by atoms with E-state index in [0.717, 1.165) is 25.3 Å². The fraction of sp³-hybridized carbons (Fsp3) is 0.267. The van der Waals surface area contributed by atoms with E-state index in [9.17, 15) is 14.0 Å². The summed E-state index contributed by atoms with van der Waals surface area (Å²) in [5, 5.41) is 5.73. The minimum absolute atomic E-state index is 0.0992. The molecule has 2 amide bonds. The number of para-hydroxylation sites is 1. The summed E-state index contributed by atoms with van der Waals surface area (Å²) in [5.41, 5.74) is 14.4. The zero-order valence-corrected chi connectivity index (χ0v) is 23.4. The molecule has 1 saturated heterocycles. The molecule has 6 N–H and O–H groups in total. The van der Waals surface area contributed by atoms with Gasteiger partial charge in [-0.2, -0.15) is 0 Å². The Morgan fingerprint density at radius 1 is 1.08 bits per heavy atom. The van der Waals surface area contributed by atoms with E-state index in [2.05, 4.69) is 17.2 Å². The molecule has 0 aromatic heterocycles. The molecular weight excluding hydrogens is 517 g/mol. The van der Waals surface area contributed by atoms with Gasteiger partial charge in [0.15, 0.2) is 0 Å². The molecule has 0 bridgehead atoms. The molecule has 0 unspecified atom stereocenters. The standard InChI is InChI=1S/C28H31ClFN5O2.C2H6/c1-3-19(27(36)34-20-10-6-4-7-11-20)13-12-18(2)33-26(21-16-23(30)22(29)17-24(21)31)25(32)28(37)35-14-8-5-9-15-35;1-2/h3-4,6-7,10-13,16-17,33H,1,5,8-9,14-15,31-32H2,2H3,(H,34,36);1-2H3/b18-12+,19-13+,26-25+;. The van der Waals surface area contributed by atoms with Crippen molar-refractivity contribution in [2.75, 3.05) is 24.1 Å². The van der Waals surface area contributed by atoms with E-state index in [-0.39, 0.29) is 39.5 Å². The number of anilines is 2. The molecule has 2 aromatic carbocycles. The van der Waals surface area contributed by atoms with Crippen LogP contribution >= 0.6 is 11.6 Å². The molecule has 39 heavy (non-hydrogen) atoms. The molecule has 1 heterocycles. The smallest absolute Gasteiger partial charge is 0.271 e. The van der Waals surface area contributed by atoms with Crippen molar-refractivity contribution in [3.8, 4) is 0 Å². The van der Waals surface area contributed by atoms with Gasteiger partial charge in [0, 0.05) is 41.3 Å². The Labute approximate surface area is 235 Å². The summed E-state index contributed by atoms with van der Waals surface area (Å²) in [7, 11) is 0. The Morgan fingerprint density at radius 2 is 1.72 bits per heavy atom. The molecule has 0 spiro atoms. The quantitative estimate of drug-likeness (QED) is 0.183. The predicted molar refractivity (Wildman–Crippen MR) is 159 cm³/mol. The van der Waals surface area contributed by atoms with Gasteiger partial charge in [-0.15, -0.1) is 0 Å². The Hall–Kier alpha value is -4.04. The molecule has 3 rings (SSSR count). The summed E-state index contributed by atoms with van der Waals surface area (Å²) >= 11 is 5.88. The number of piperidine rings is 1. The number of nitrogens with one attached hydrogen (secondary N) is 2. The van der Waals surface area contributed by atoms with Gasteiger partial charge in [-0.05, 0) is 62.6 Å². The van der Waals surface area contributed by atoms with Crippen LogP contribution < -0.4 is 22.1 Å². The van der Waals surface area contributed by atoms with Crippen molar-refractivity contribution < 1.29 is 14.0 Å². The maximum absolute atomic E-state index is 14.4. The van der Waals surface area contributed by atoms with E-state index in [1.165, 1.54) is 12.1 Å². The number of nitrogen functional groups attached to an aromatic ring is 1. The molecule has 1 fully saturated rings. The van der Waals surface area contributed by atoms with Crippen molar-refractivity contribution in [1.29, 1.82) is 0 Å². The maximum atomic E-state index is 14.4. The van der Waals surface area contributed by atoms with Gasteiger partial charge >= 0.3 is 0 Å². The van der Waals surface area contributed by atoms with Crippen LogP contribution in [0.25, 0.3) is 5.70 Å². The lowest BCUT2D eigenvalue weighted by Crippen LogP contribution is -2.39. The van der Waals surface area contributed by atoms with Crippen molar-refractivity contribution in [1.82, 2.24) is 10.2 Å². The van der Waals surface area contributed by atoms with Crippen LogP contribution in [0.4, 0.5) is 15.8 Å². The highest BCUT2D eigenvalue weighted by molar-refractivity contribution is 6.31. The summed E-state index contributed by atoms with van der Waals surface area (Å²) in [5.74, 6) is -1.41. The van der Waals surface area contributed by atoms with Crippen LogP contribution in [0.15, 0.2) is 84.2 Å². The molecular formula is C30H37ClFN5O2. The number of nitrogens with zero attached hydrogens (tertiary/aromatic N) is 1. The number of halogens is 2. The Bertz CT molecular complexity index is 1270. The van der Waals surface area contributed by atoms with Crippen LogP contribution in [0, 0.1) is 5.82 Å². The zero-order valence-electron chi connectivity index (χ0n) is 22.7. The molecule has 9 heteroatoms. The number of carbonyl (C=O) groups excluding carboxylic acids is 2. The molecule has 208 valence electrons. The fourth-order valence-electron chi connectivity index (χ4n) is 3.85. The van der Waals surface area contributed by atoms with Crippen LogP contribution in [-0.4, -0.2) is 29.8 Å². The molecule has 1 aliphatic rings. The minimum Gasteiger partial charge on any atom is -0.398 e. The number of rotatable bonds is 8. The van der Waals surface area contributed by atoms with Gasteiger partial charge in [-0.3, -0.25) is 9.59 Å². The number of carbonyl (C=O) groups is 2. The van der Waals surface area contributed by atoms with Crippen molar-refractivity contribution in [2.24, 2.45) is 5.73 Å². The van der Waals surface area contributed by atoms with E-state index < -0.39 is 5.82 Å².